The lowest BCUT2D eigenvalue weighted by atomic mass is 9.92. The summed E-state index contributed by atoms with van der Waals surface area (Å²) < 4.78 is 0. The zero-order chi connectivity index (χ0) is 11.4. The second kappa shape index (κ2) is 5.86. The van der Waals surface area contributed by atoms with Crippen molar-refractivity contribution in [1.29, 1.82) is 0 Å². The van der Waals surface area contributed by atoms with Gasteiger partial charge in [0.25, 0.3) is 0 Å². The van der Waals surface area contributed by atoms with Gasteiger partial charge in [-0.1, -0.05) is 33.1 Å². The van der Waals surface area contributed by atoms with Crippen molar-refractivity contribution in [2.45, 2.75) is 58.0 Å². The van der Waals surface area contributed by atoms with Crippen LogP contribution in [0.25, 0.3) is 0 Å². The van der Waals surface area contributed by atoms with Gasteiger partial charge in [0.05, 0.1) is 6.04 Å². The highest BCUT2D eigenvalue weighted by Gasteiger charge is 2.30. The van der Waals surface area contributed by atoms with Crippen molar-refractivity contribution in [2.75, 3.05) is 7.05 Å². The smallest absolute Gasteiger partial charge is 0.239 e. The average molecular weight is 232 g/mol. The van der Waals surface area contributed by atoms with Crippen molar-refractivity contribution in [1.82, 2.24) is 4.90 Å². The highest BCUT2D eigenvalue weighted by atomic mass is 35.5. The summed E-state index contributed by atoms with van der Waals surface area (Å²) in [5, 5.41) is -0.210. The molecule has 0 N–H and O–H groups in total. The summed E-state index contributed by atoms with van der Waals surface area (Å²) in [5.41, 5.74) is 0. The van der Waals surface area contributed by atoms with E-state index in [0.29, 0.717) is 12.0 Å². The fourth-order valence-corrected chi connectivity index (χ4v) is 3.01. The minimum absolute atomic E-state index is 0.116. The number of rotatable bonds is 4. The molecule has 1 unspecified atom stereocenters. The molecule has 0 aromatic carbocycles. The van der Waals surface area contributed by atoms with Gasteiger partial charge in [0.1, 0.15) is 0 Å². The van der Waals surface area contributed by atoms with Gasteiger partial charge < -0.3 is 0 Å². The summed E-state index contributed by atoms with van der Waals surface area (Å²) in [5.74, 6) is 0.293. The molecular formula is C12H22ClNO. The van der Waals surface area contributed by atoms with Crippen LogP contribution in [-0.2, 0) is 4.79 Å². The van der Waals surface area contributed by atoms with E-state index >= 15 is 0 Å². The topological polar surface area (TPSA) is 20.3 Å². The first-order chi connectivity index (χ1) is 7.04. The molecule has 0 saturated heterocycles. The Hall–Kier alpha value is -0.0800. The third-order valence-electron chi connectivity index (χ3n) is 3.45. The summed E-state index contributed by atoms with van der Waals surface area (Å²) in [6.45, 7) is 4.12. The van der Waals surface area contributed by atoms with Crippen molar-refractivity contribution >= 4 is 16.8 Å². The van der Waals surface area contributed by atoms with E-state index in [1.165, 1.54) is 32.1 Å². The largest absolute Gasteiger partial charge is 0.292 e. The first-order valence-corrected chi connectivity index (χ1v) is 6.33. The molecule has 0 spiro atoms. The third-order valence-corrected chi connectivity index (χ3v) is 3.68. The molecule has 0 aliphatic heterocycles. The van der Waals surface area contributed by atoms with E-state index in [1.807, 2.05) is 7.05 Å². The van der Waals surface area contributed by atoms with Crippen LogP contribution in [0.2, 0.25) is 0 Å². The zero-order valence-electron chi connectivity index (χ0n) is 10.0. The molecule has 1 fully saturated rings. The number of nitrogens with zero attached hydrogens (tertiary/aromatic N) is 1. The first-order valence-electron chi connectivity index (χ1n) is 5.95. The number of carbonyl (C=O) groups excluding carboxylic acids is 1. The van der Waals surface area contributed by atoms with Crippen LogP contribution in [0.15, 0.2) is 0 Å². The Balaban J connectivity index is 2.61. The number of carbonyl (C=O) groups is 1. The van der Waals surface area contributed by atoms with Crippen LogP contribution < -0.4 is 0 Å². The minimum Gasteiger partial charge on any atom is -0.292 e. The van der Waals surface area contributed by atoms with Crippen molar-refractivity contribution in [2.24, 2.45) is 5.92 Å². The fourth-order valence-electron chi connectivity index (χ4n) is 2.61. The summed E-state index contributed by atoms with van der Waals surface area (Å²) in [6, 6.07) is 0.434. The molecule has 1 rings (SSSR count). The highest BCUT2D eigenvalue weighted by Crippen LogP contribution is 2.25. The van der Waals surface area contributed by atoms with Crippen LogP contribution in [0.4, 0.5) is 0 Å². The van der Waals surface area contributed by atoms with Crippen LogP contribution in [0.3, 0.4) is 0 Å². The molecule has 1 atom stereocenters. The Labute approximate surface area is 98.0 Å². The van der Waals surface area contributed by atoms with Gasteiger partial charge in [0.15, 0.2) is 0 Å². The van der Waals surface area contributed by atoms with Crippen LogP contribution in [-0.4, -0.2) is 29.3 Å². The highest BCUT2D eigenvalue weighted by molar-refractivity contribution is 6.64. The lowest BCUT2D eigenvalue weighted by Gasteiger charge is -2.37. The molecule has 2 nitrogen and oxygen atoms in total. The van der Waals surface area contributed by atoms with Gasteiger partial charge in [0, 0.05) is 6.04 Å². The second-order valence-corrected chi connectivity index (χ2v) is 5.32. The summed E-state index contributed by atoms with van der Waals surface area (Å²) in [7, 11) is 2.04. The second-order valence-electron chi connectivity index (χ2n) is 4.95. The summed E-state index contributed by atoms with van der Waals surface area (Å²) in [6.07, 6.45) is 6.34. The maximum atomic E-state index is 11.4. The average Bonchev–Trinajstić information content (AvgIpc) is 2.18. The Morgan fingerprint density at radius 1 is 1.27 bits per heavy atom. The first kappa shape index (κ1) is 13.0. The van der Waals surface area contributed by atoms with Gasteiger partial charge >= 0.3 is 0 Å². The van der Waals surface area contributed by atoms with Crippen LogP contribution in [0, 0.1) is 5.92 Å². The molecular weight excluding hydrogens is 210 g/mol. The lowest BCUT2D eigenvalue weighted by molar-refractivity contribution is -0.118. The summed E-state index contributed by atoms with van der Waals surface area (Å²) >= 11 is 5.67. The molecule has 0 aromatic rings. The van der Waals surface area contributed by atoms with Crippen LogP contribution >= 0.6 is 11.6 Å². The molecule has 1 aliphatic rings. The van der Waals surface area contributed by atoms with E-state index in [2.05, 4.69) is 18.7 Å². The van der Waals surface area contributed by atoms with Crippen molar-refractivity contribution in [3.05, 3.63) is 0 Å². The Morgan fingerprint density at radius 2 is 1.80 bits per heavy atom. The van der Waals surface area contributed by atoms with Gasteiger partial charge in [-0.25, -0.2) is 0 Å². The third kappa shape index (κ3) is 3.46. The van der Waals surface area contributed by atoms with Gasteiger partial charge in [-0.3, -0.25) is 9.69 Å². The quantitative estimate of drug-likeness (QED) is 0.694. The number of halogens is 1. The monoisotopic (exact) mass is 231 g/mol. The lowest BCUT2D eigenvalue weighted by Crippen LogP contribution is -2.47. The number of likely N-dealkylation sites (N-methyl/N-ethyl adjacent to an activating group) is 1. The molecule has 3 heteroatoms. The fraction of sp³-hybridized carbons (Fsp3) is 0.917. The van der Waals surface area contributed by atoms with Gasteiger partial charge in [0.2, 0.25) is 5.24 Å². The molecule has 0 aromatic heterocycles. The predicted molar refractivity (Wildman–Crippen MR) is 64.1 cm³/mol. The zero-order valence-corrected chi connectivity index (χ0v) is 10.8. The van der Waals surface area contributed by atoms with E-state index in [0.717, 1.165) is 0 Å². The Kier molecular flexibility index (Phi) is 5.07. The van der Waals surface area contributed by atoms with Crippen LogP contribution in [0.5, 0.6) is 0 Å². The molecule has 1 saturated carbocycles. The Morgan fingerprint density at radius 3 is 2.20 bits per heavy atom. The normalized spacial score (nSPS) is 20.9. The molecule has 0 heterocycles. The van der Waals surface area contributed by atoms with Gasteiger partial charge in [-0.05, 0) is 37.4 Å². The van der Waals surface area contributed by atoms with Gasteiger partial charge in [-0.15, -0.1) is 0 Å². The SMILES string of the molecule is CC(C)C(C(=O)Cl)N(C)C1CCCCC1. The molecule has 88 valence electrons. The van der Waals surface area contributed by atoms with E-state index in [9.17, 15) is 4.79 Å². The molecule has 0 bridgehead atoms. The van der Waals surface area contributed by atoms with Crippen molar-refractivity contribution < 1.29 is 4.79 Å². The van der Waals surface area contributed by atoms with Gasteiger partial charge in [-0.2, -0.15) is 0 Å². The minimum atomic E-state index is -0.210. The van der Waals surface area contributed by atoms with E-state index in [4.69, 9.17) is 11.6 Å². The van der Waals surface area contributed by atoms with Crippen LogP contribution in [0.1, 0.15) is 46.0 Å². The molecule has 0 radical (unpaired) electrons. The summed E-state index contributed by atoms with van der Waals surface area (Å²) in [4.78, 5) is 13.6. The van der Waals surface area contributed by atoms with Crippen molar-refractivity contribution in [3.8, 4) is 0 Å². The number of hydrogen-bond donors (Lipinski definition) is 0. The maximum Gasteiger partial charge on any atom is 0.239 e. The van der Waals surface area contributed by atoms with E-state index in [-0.39, 0.29) is 11.3 Å². The number of hydrogen-bond acceptors (Lipinski definition) is 2. The standard InChI is InChI=1S/C12H22ClNO/c1-9(2)11(12(13)15)14(3)10-7-5-4-6-8-10/h9-11H,4-8H2,1-3H3. The van der Waals surface area contributed by atoms with E-state index < -0.39 is 0 Å². The van der Waals surface area contributed by atoms with E-state index in [1.54, 1.807) is 0 Å². The molecule has 15 heavy (non-hydrogen) atoms. The molecule has 0 amide bonds. The predicted octanol–water partition coefficient (Wildman–Crippen LogP) is 3.04. The molecule has 1 aliphatic carbocycles. The Bertz CT molecular complexity index is 212. The maximum absolute atomic E-state index is 11.4. The van der Waals surface area contributed by atoms with Crippen molar-refractivity contribution in [3.63, 3.8) is 0 Å².